The molecule has 2 unspecified atom stereocenters. The monoisotopic (exact) mass is 1180 g/mol. The highest BCUT2D eigenvalue weighted by atomic mass is 16.7. The Morgan fingerprint density at radius 1 is 0.353 bits per heavy atom. The number of carboxylic acids is 1. The normalized spacial score (nSPS) is 13.5. The van der Waals surface area contributed by atoms with Gasteiger partial charge < -0.3 is 28.5 Å². The van der Waals surface area contributed by atoms with E-state index in [1.165, 1.54) is 154 Å². The van der Waals surface area contributed by atoms with Gasteiger partial charge in [-0.05, 0) is 103 Å². The van der Waals surface area contributed by atoms with Crippen LogP contribution >= 0.6 is 0 Å². The fraction of sp³-hybridized carbons (Fsp3) is 0.697. The summed E-state index contributed by atoms with van der Waals surface area (Å²) in [5.41, 5.74) is 0. The number of quaternary nitrogens is 1. The number of hydrogen-bond acceptors (Lipinski definition) is 7. The van der Waals surface area contributed by atoms with E-state index in [4.69, 9.17) is 18.9 Å². The molecule has 0 saturated carbocycles. The Hall–Kier alpha value is -4.31. The van der Waals surface area contributed by atoms with Gasteiger partial charge in [-0.25, -0.2) is 4.79 Å². The van der Waals surface area contributed by atoms with E-state index < -0.39 is 24.3 Å². The number of esters is 2. The Labute approximate surface area is 523 Å². The molecule has 0 aromatic carbocycles. The van der Waals surface area contributed by atoms with Crippen LogP contribution < -0.4 is 0 Å². The topological polar surface area (TPSA) is 108 Å². The van der Waals surface area contributed by atoms with Crippen LogP contribution in [0.4, 0.5) is 0 Å². The van der Waals surface area contributed by atoms with E-state index >= 15 is 0 Å². The molecule has 0 saturated heterocycles. The van der Waals surface area contributed by atoms with Gasteiger partial charge in [-0.15, -0.1) is 0 Å². The summed E-state index contributed by atoms with van der Waals surface area (Å²) in [6.45, 7) is 4.61. The number of nitrogens with zero attached hydrogens (tertiary/aromatic N) is 1. The lowest BCUT2D eigenvalue weighted by atomic mass is 10.0. The highest BCUT2D eigenvalue weighted by Gasteiger charge is 2.25. The lowest BCUT2D eigenvalue weighted by Crippen LogP contribution is -2.40. The molecule has 0 aliphatic rings. The van der Waals surface area contributed by atoms with Crippen molar-refractivity contribution in [1.29, 1.82) is 0 Å². The van der Waals surface area contributed by atoms with Crippen molar-refractivity contribution >= 4 is 17.9 Å². The highest BCUT2D eigenvalue weighted by molar-refractivity contribution is 5.71. The van der Waals surface area contributed by atoms with E-state index in [-0.39, 0.29) is 38.6 Å². The molecule has 0 aliphatic carbocycles. The predicted octanol–water partition coefficient (Wildman–Crippen LogP) is 21.6. The number of rotatable bonds is 63. The van der Waals surface area contributed by atoms with Crippen LogP contribution in [0.2, 0.25) is 0 Å². The molecule has 0 aromatic heterocycles. The number of ether oxygens (including phenoxy) is 4. The number of carboxylic acid groups (broad SMARTS) is 1. The van der Waals surface area contributed by atoms with E-state index in [0.717, 1.165) is 96.3 Å². The molecule has 0 rings (SSSR count). The van der Waals surface area contributed by atoms with Gasteiger partial charge in [0, 0.05) is 12.8 Å². The maximum absolute atomic E-state index is 12.9. The van der Waals surface area contributed by atoms with Crippen molar-refractivity contribution in [2.75, 3.05) is 47.5 Å². The minimum atomic E-state index is -1.53. The van der Waals surface area contributed by atoms with Crippen LogP contribution in [0.25, 0.3) is 0 Å². The third-order valence-corrected chi connectivity index (χ3v) is 14.7. The van der Waals surface area contributed by atoms with E-state index in [0.29, 0.717) is 17.4 Å². The quantitative estimate of drug-likeness (QED) is 0.0211. The van der Waals surface area contributed by atoms with Gasteiger partial charge in [0.05, 0.1) is 34.4 Å². The number of aliphatic carboxylic acids is 1. The molecule has 486 valence electrons. The Kier molecular flexibility index (Phi) is 62.3. The first-order chi connectivity index (χ1) is 41.6. The van der Waals surface area contributed by atoms with Crippen molar-refractivity contribution in [3.05, 3.63) is 122 Å². The van der Waals surface area contributed by atoms with Crippen LogP contribution in [-0.2, 0) is 33.3 Å². The number of unbranched alkanes of at least 4 members (excludes halogenated alkanes) is 28. The van der Waals surface area contributed by atoms with Gasteiger partial charge in [0.2, 0.25) is 0 Å². The van der Waals surface area contributed by atoms with Crippen molar-refractivity contribution in [3.8, 4) is 0 Å². The zero-order valence-corrected chi connectivity index (χ0v) is 55.5. The molecule has 0 fully saturated rings. The first-order valence-electron chi connectivity index (χ1n) is 34.7. The first-order valence-corrected chi connectivity index (χ1v) is 34.7. The molecule has 85 heavy (non-hydrogen) atoms. The van der Waals surface area contributed by atoms with Crippen LogP contribution in [0.1, 0.15) is 284 Å². The van der Waals surface area contributed by atoms with Crippen LogP contribution in [0.15, 0.2) is 122 Å². The fourth-order valence-corrected chi connectivity index (χ4v) is 9.48. The maximum Gasteiger partial charge on any atom is 0.361 e. The molecule has 0 spiro atoms. The molecule has 0 heterocycles. The van der Waals surface area contributed by atoms with Crippen molar-refractivity contribution in [3.63, 3.8) is 0 Å². The number of allylic oxidation sites excluding steroid dienone is 20. The molecular weight excluding hydrogens is 1050 g/mol. The van der Waals surface area contributed by atoms with Gasteiger partial charge in [-0.3, -0.25) is 9.59 Å². The van der Waals surface area contributed by atoms with Crippen LogP contribution in [-0.4, -0.2) is 87.4 Å². The Bertz CT molecular complexity index is 1810. The Morgan fingerprint density at radius 2 is 0.635 bits per heavy atom. The van der Waals surface area contributed by atoms with E-state index in [2.05, 4.69) is 135 Å². The maximum atomic E-state index is 12.9. The average molecular weight is 1190 g/mol. The van der Waals surface area contributed by atoms with Crippen LogP contribution in [0.5, 0.6) is 0 Å². The van der Waals surface area contributed by atoms with Gasteiger partial charge in [0.25, 0.3) is 6.29 Å². The van der Waals surface area contributed by atoms with Crippen LogP contribution in [0.3, 0.4) is 0 Å². The predicted molar refractivity (Wildman–Crippen MR) is 364 cm³/mol. The van der Waals surface area contributed by atoms with Crippen molar-refractivity contribution in [2.45, 2.75) is 296 Å². The number of carbonyl (C=O) groups is 3. The van der Waals surface area contributed by atoms with E-state index in [1.807, 2.05) is 21.1 Å². The van der Waals surface area contributed by atoms with Gasteiger partial charge in [0.15, 0.2) is 6.10 Å². The molecule has 0 bridgehead atoms. The van der Waals surface area contributed by atoms with Gasteiger partial charge in [0.1, 0.15) is 13.2 Å². The fourth-order valence-electron chi connectivity index (χ4n) is 9.48. The third kappa shape index (κ3) is 67.1. The van der Waals surface area contributed by atoms with Crippen molar-refractivity contribution < 1.29 is 42.9 Å². The molecule has 0 radical (unpaired) electrons. The minimum Gasteiger partial charge on any atom is -0.477 e. The smallest absolute Gasteiger partial charge is 0.361 e. The summed E-state index contributed by atoms with van der Waals surface area (Å²) in [6, 6.07) is 0. The molecule has 0 amide bonds. The summed E-state index contributed by atoms with van der Waals surface area (Å²) < 4.78 is 22.9. The second kappa shape index (κ2) is 65.7. The summed E-state index contributed by atoms with van der Waals surface area (Å²) in [5.74, 6) is -2.06. The summed E-state index contributed by atoms with van der Waals surface area (Å²) in [5, 5.41) is 9.73. The van der Waals surface area contributed by atoms with Crippen LogP contribution in [0, 0.1) is 0 Å². The second-order valence-electron chi connectivity index (χ2n) is 24.1. The van der Waals surface area contributed by atoms with Crippen molar-refractivity contribution in [2.24, 2.45) is 0 Å². The molecule has 9 nitrogen and oxygen atoms in total. The SMILES string of the molecule is CC/C=C\C/C=C\C/C=C\C/C=C\C/C=C\C/C=C\CCCCC(=O)OC(COC(=O)CCCCCCCCCCCCCCCCCCCCCCCCCCCC/C=C\C/C=C\C/C=C\C/C=C\CC)COC(OCC[N+](C)(C)C)C(=O)O. The van der Waals surface area contributed by atoms with Crippen molar-refractivity contribution in [1.82, 2.24) is 0 Å². The lowest BCUT2D eigenvalue weighted by Gasteiger charge is -2.25. The lowest BCUT2D eigenvalue weighted by molar-refractivity contribution is -0.870. The Morgan fingerprint density at radius 3 is 0.965 bits per heavy atom. The summed E-state index contributed by atoms with van der Waals surface area (Å²) in [7, 11) is 5.96. The molecule has 0 aliphatic heterocycles. The zero-order chi connectivity index (χ0) is 61.9. The van der Waals surface area contributed by atoms with Gasteiger partial charge in [-0.2, -0.15) is 0 Å². The average Bonchev–Trinajstić information content (AvgIpc) is 3.48. The third-order valence-electron chi connectivity index (χ3n) is 14.7. The molecule has 0 aromatic rings. The highest BCUT2D eigenvalue weighted by Crippen LogP contribution is 2.17. The summed E-state index contributed by atoms with van der Waals surface area (Å²) in [4.78, 5) is 37.5. The van der Waals surface area contributed by atoms with E-state index in [1.54, 1.807) is 0 Å². The zero-order valence-electron chi connectivity index (χ0n) is 55.5. The molecular formula is C76H130NO8+. The second-order valence-corrected chi connectivity index (χ2v) is 24.1. The standard InChI is InChI=1S/C76H129NO8/c1-6-8-10-12-14-16-18-20-22-24-26-28-29-30-31-32-33-34-35-36-37-38-39-40-41-42-43-44-45-47-48-50-52-54-56-58-60-62-64-66-73(78)83-70-72(71-84-76(75(80)81)82-69-68-77(3,4)5)85-74(79)67-65-63-61-59-57-55-53-51-49-46-27-25-23-21-19-17-15-13-11-9-7-2/h8-11,14-17,20-23,26-28,46,51,53,57,59,72,76H,6-7,12-13,18-19,24-25,29-45,47-50,52,54-56,58,60-71H2,1-5H3/p+1/b10-8-,11-9-,16-14-,17-15-,22-20-,23-21-,28-26-,46-27-,53-51-,59-57-. The summed E-state index contributed by atoms with van der Waals surface area (Å²) >= 11 is 0. The number of likely N-dealkylation sites (N-methyl/N-ethyl adjacent to an activating group) is 1. The largest absolute Gasteiger partial charge is 0.477 e. The first kappa shape index (κ1) is 80.7. The van der Waals surface area contributed by atoms with E-state index in [9.17, 15) is 19.5 Å². The molecule has 1 N–H and O–H groups in total. The summed E-state index contributed by atoms with van der Waals surface area (Å²) in [6.07, 6.45) is 90.5. The van der Waals surface area contributed by atoms with Gasteiger partial charge in [-0.1, -0.05) is 289 Å². The molecule has 9 heteroatoms. The minimum absolute atomic E-state index is 0.175. The Balaban J connectivity index is 4.05. The van der Waals surface area contributed by atoms with Gasteiger partial charge >= 0.3 is 17.9 Å². The molecule has 2 atom stereocenters. The number of carbonyl (C=O) groups excluding carboxylic acids is 2. The number of hydrogen-bond donors (Lipinski definition) is 1.